The maximum atomic E-state index is 9.18. The fourth-order valence-corrected chi connectivity index (χ4v) is 5.53. The molecule has 0 N–H and O–H groups in total. The maximum absolute atomic E-state index is 9.18. The SMILES string of the molecule is COc1ccc([C@@]23OC(C)COC2=C(c2ccc(C#N)cc2)[C@H]2CCC[C@H]23)cc1. The molecule has 148 valence electrons. The summed E-state index contributed by atoms with van der Waals surface area (Å²) < 4.78 is 18.6. The minimum Gasteiger partial charge on any atom is -0.497 e. The number of rotatable bonds is 3. The van der Waals surface area contributed by atoms with Gasteiger partial charge in [-0.15, -0.1) is 0 Å². The molecule has 4 heteroatoms. The van der Waals surface area contributed by atoms with E-state index in [1.165, 1.54) is 12.0 Å². The Balaban J connectivity index is 1.70. The van der Waals surface area contributed by atoms with Crippen molar-refractivity contribution < 1.29 is 14.2 Å². The molecule has 0 spiro atoms. The Kier molecular flexibility index (Phi) is 4.37. The van der Waals surface area contributed by atoms with Crippen LogP contribution in [0.2, 0.25) is 0 Å². The topological polar surface area (TPSA) is 51.5 Å². The van der Waals surface area contributed by atoms with Crippen molar-refractivity contribution in [3.8, 4) is 11.8 Å². The van der Waals surface area contributed by atoms with Gasteiger partial charge < -0.3 is 14.2 Å². The largest absolute Gasteiger partial charge is 0.497 e. The van der Waals surface area contributed by atoms with Gasteiger partial charge in [-0.05, 0) is 61.1 Å². The van der Waals surface area contributed by atoms with Gasteiger partial charge in [0.25, 0.3) is 0 Å². The highest BCUT2D eigenvalue weighted by atomic mass is 16.6. The molecular weight excluding hydrogens is 362 g/mol. The van der Waals surface area contributed by atoms with E-state index in [0.717, 1.165) is 35.5 Å². The summed E-state index contributed by atoms with van der Waals surface area (Å²) in [7, 11) is 1.69. The van der Waals surface area contributed by atoms with Crippen molar-refractivity contribution in [2.24, 2.45) is 11.8 Å². The normalized spacial score (nSPS) is 30.3. The quantitative estimate of drug-likeness (QED) is 0.740. The second-order valence-corrected chi connectivity index (χ2v) is 8.28. The van der Waals surface area contributed by atoms with Crippen molar-refractivity contribution in [2.75, 3.05) is 13.7 Å². The van der Waals surface area contributed by atoms with Crippen molar-refractivity contribution in [2.45, 2.75) is 37.9 Å². The van der Waals surface area contributed by atoms with Crippen LogP contribution >= 0.6 is 0 Å². The third-order valence-corrected chi connectivity index (χ3v) is 6.68. The van der Waals surface area contributed by atoms with Crippen LogP contribution in [0.3, 0.4) is 0 Å². The first-order valence-corrected chi connectivity index (χ1v) is 10.4. The van der Waals surface area contributed by atoms with Crippen LogP contribution in [-0.2, 0) is 15.1 Å². The zero-order valence-corrected chi connectivity index (χ0v) is 16.9. The second-order valence-electron chi connectivity index (χ2n) is 8.28. The smallest absolute Gasteiger partial charge is 0.154 e. The Morgan fingerprint density at radius 2 is 1.83 bits per heavy atom. The summed E-state index contributed by atoms with van der Waals surface area (Å²) >= 11 is 0. The van der Waals surface area contributed by atoms with Crippen molar-refractivity contribution in [3.05, 3.63) is 71.0 Å². The van der Waals surface area contributed by atoms with Crippen LogP contribution in [0.15, 0.2) is 54.3 Å². The van der Waals surface area contributed by atoms with Crippen LogP contribution < -0.4 is 4.74 Å². The van der Waals surface area contributed by atoms with E-state index in [0.29, 0.717) is 24.0 Å². The molecular formula is C25H25NO3. The molecule has 5 rings (SSSR count). The number of methoxy groups -OCH3 is 1. The van der Waals surface area contributed by atoms with Gasteiger partial charge in [0.2, 0.25) is 0 Å². The minimum absolute atomic E-state index is 0.0300. The summed E-state index contributed by atoms with van der Waals surface area (Å²) in [5.41, 5.74) is 3.68. The fourth-order valence-electron chi connectivity index (χ4n) is 5.53. The molecule has 1 saturated heterocycles. The number of fused-ring (bicyclic) bond motifs is 3. The van der Waals surface area contributed by atoms with E-state index in [9.17, 15) is 5.26 Å². The molecule has 0 radical (unpaired) electrons. The van der Waals surface area contributed by atoms with E-state index in [4.69, 9.17) is 14.2 Å². The average molecular weight is 387 g/mol. The standard InChI is InChI=1S/C25H25NO3/c1-16-15-28-24-23(18-8-6-17(14-26)7-9-18)21-4-3-5-22(21)25(24,29-16)19-10-12-20(27-2)13-11-19/h6-13,16,21-22H,3-5,15H2,1-2H3/t16?,21-,22+,25-/m0/s1. The Hall–Kier alpha value is -2.77. The van der Waals surface area contributed by atoms with E-state index in [1.807, 2.05) is 24.3 Å². The van der Waals surface area contributed by atoms with Crippen LogP contribution in [0, 0.1) is 23.2 Å². The van der Waals surface area contributed by atoms with E-state index < -0.39 is 5.60 Å². The highest BCUT2D eigenvalue weighted by Crippen LogP contribution is 2.63. The van der Waals surface area contributed by atoms with Gasteiger partial charge in [-0.3, -0.25) is 0 Å². The monoisotopic (exact) mass is 387 g/mol. The molecule has 2 fully saturated rings. The molecule has 0 aromatic heterocycles. The molecule has 3 aliphatic rings. The molecule has 1 unspecified atom stereocenters. The number of nitrogens with zero attached hydrogens (tertiary/aromatic N) is 1. The van der Waals surface area contributed by atoms with E-state index in [-0.39, 0.29) is 6.10 Å². The predicted octanol–water partition coefficient (Wildman–Crippen LogP) is 5.04. The minimum atomic E-state index is -0.547. The molecule has 1 aliphatic heterocycles. The van der Waals surface area contributed by atoms with Gasteiger partial charge in [-0.1, -0.05) is 30.7 Å². The molecule has 1 heterocycles. The van der Waals surface area contributed by atoms with Crippen molar-refractivity contribution >= 4 is 5.57 Å². The molecule has 0 amide bonds. The van der Waals surface area contributed by atoms with Gasteiger partial charge in [0.1, 0.15) is 18.1 Å². The molecule has 1 saturated carbocycles. The van der Waals surface area contributed by atoms with Crippen LogP contribution in [0.1, 0.15) is 42.9 Å². The summed E-state index contributed by atoms with van der Waals surface area (Å²) in [5.74, 6) is 2.58. The molecule has 2 aromatic carbocycles. The average Bonchev–Trinajstić information content (AvgIpc) is 3.34. The Labute approximate surface area is 171 Å². The third kappa shape index (κ3) is 2.68. The predicted molar refractivity (Wildman–Crippen MR) is 110 cm³/mol. The van der Waals surface area contributed by atoms with Crippen molar-refractivity contribution in [1.82, 2.24) is 0 Å². The van der Waals surface area contributed by atoms with Gasteiger partial charge in [0.05, 0.1) is 24.8 Å². The van der Waals surface area contributed by atoms with Crippen molar-refractivity contribution in [1.29, 1.82) is 5.26 Å². The number of allylic oxidation sites excluding steroid dienone is 1. The van der Waals surface area contributed by atoms with Gasteiger partial charge >= 0.3 is 0 Å². The van der Waals surface area contributed by atoms with Gasteiger partial charge in [-0.25, -0.2) is 0 Å². The lowest BCUT2D eigenvalue weighted by Crippen LogP contribution is -2.45. The zero-order chi connectivity index (χ0) is 20.0. The number of hydrogen-bond acceptors (Lipinski definition) is 4. The Morgan fingerprint density at radius 1 is 1.07 bits per heavy atom. The Morgan fingerprint density at radius 3 is 2.52 bits per heavy atom. The van der Waals surface area contributed by atoms with E-state index in [1.54, 1.807) is 7.11 Å². The fraction of sp³-hybridized carbons (Fsp3) is 0.400. The van der Waals surface area contributed by atoms with Crippen LogP contribution in [-0.4, -0.2) is 19.8 Å². The summed E-state index contributed by atoms with van der Waals surface area (Å²) in [6, 6.07) is 18.4. The first-order chi connectivity index (χ1) is 14.2. The summed E-state index contributed by atoms with van der Waals surface area (Å²) in [5, 5.41) is 9.18. The number of benzene rings is 2. The second kappa shape index (κ2) is 6.93. The lowest BCUT2D eigenvalue weighted by Gasteiger charge is -2.43. The van der Waals surface area contributed by atoms with Gasteiger partial charge in [0.15, 0.2) is 5.60 Å². The van der Waals surface area contributed by atoms with Gasteiger partial charge in [-0.2, -0.15) is 5.26 Å². The Bertz CT molecular complexity index is 986. The number of hydrogen-bond donors (Lipinski definition) is 0. The first-order valence-electron chi connectivity index (χ1n) is 10.4. The van der Waals surface area contributed by atoms with Crippen molar-refractivity contribution in [3.63, 3.8) is 0 Å². The molecule has 2 aromatic rings. The highest BCUT2D eigenvalue weighted by molar-refractivity contribution is 5.76. The molecule has 4 atom stereocenters. The third-order valence-electron chi connectivity index (χ3n) is 6.68. The lowest BCUT2D eigenvalue weighted by molar-refractivity contribution is -0.178. The maximum Gasteiger partial charge on any atom is 0.154 e. The molecule has 4 nitrogen and oxygen atoms in total. The summed E-state index contributed by atoms with van der Waals surface area (Å²) in [6.07, 6.45) is 3.48. The molecule has 29 heavy (non-hydrogen) atoms. The highest BCUT2D eigenvalue weighted by Gasteiger charge is 2.60. The van der Waals surface area contributed by atoms with Crippen LogP contribution in [0.5, 0.6) is 5.75 Å². The zero-order valence-electron chi connectivity index (χ0n) is 16.9. The van der Waals surface area contributed by atoms with Gasteiger partial charge in [0, 0.05) is 11.5 Å². The van der Waals surface area contributed by atoms with E-state index in [2.05, 4.69) is 37.3 Å². The lowest BCUT2D eigenvalue weighted by atomic mass is 9.79. The van der Waals surface area contributed by atoms with E-state index >= 15 is 0 Å². The van der Waals surface area contributed by atoms with Crippen LogP contribution in [0.25, 0.3) is 5.57 Å². The summed E-state index contributed by atoms with van der Waals surface area (Å²) in [4.78, 5) is 0. The molecule has 2 aliphatic carbocycles. The molecule has 0 bridgehead atoms. The number of ether oxygens (including phenoxy) is 3. The summed E-state index contributed by atoms with van der Waals surface area (Å²) in [6.45, 7) is 2.65. The first kappa shape index (κ1) is 18.3. The number of nitriles is 1. The van der Waals surface area contributed by atoms with Crippen LogP contribution in [0.4, 0.5) is 0 Å².